The van der Waals surface area contributed by atoms with Crippen LogP contribution in [0.5, 0.6) is 5.75 Å². The highest BCUT2D eigenvalue weighted by molar-refractivity contribution is 8.00. The Labute approximate surface area is 144 Å². The number of hydrogen-bond donors (Lipinski definition) is 2. The maximum atomic E-state index is 12.1. The molecule has 2 N–H and O–H groups in total. The summed E-state index contributed by atoms with van der Waals surface area (Å²) >= 11 is 1.28. The van der Waals surface area contributed by atoms with Gasteiger partial charge in [-0.05, 0) is 19.1 Å². The molecule has 2 rings (SSSR count). The van der Waals surface area contributed by atoms with Crippen LogP contribution in [-0.2, 0) is 19.1 Å². The smallest absolute Gasteiger partial charge is 0.329 e. The van der Waals surface area contributed by atoms with Gasteiger partial charge in [0.1, 0.15) is 11.8 Å². The first-order valence-corrected chi connectivity index (χ1v) is 8.61. The van der Waals surface area contributed by atoms with E-state index < -0.39 is 17.3 Å². The molecule has 2 amide bonds. The Hall–Kier alpha value is -2.22. The van der Waals surface area contributed by atoms with Crippen molar-refractivity contribution in [3.05, 3.63) is 24.3 Å². The predicted octanol–water partition coefficient (Wildman–Crippen LogP) is 1.19. The van der Waals surface area contributed by atoms with Crippen molar-refractivity contribution in [2.45, 2.75) is 24.6 Å². The van der Waals surface area contributed by atoms with Gasteiger partial charge in [0.2, 0.25) is 11.8 Å². The molecule has 0 aliphatic carbocycles. The van der Waals surface area contributed by atoms with E-state index in [4.69, 9.17) is 9.47 Å². The number of esters is 1. The molecule has 1 saturated heterocycles. The molecular weight excluding hydrogens is 332 g/mol. The second kappa shape index (κ2) is 8.58. The van der Waals surface area contributed by atoms with E-state index in [1.165, 1.54) is 11.8 Å². The summed E-state index contributed by atoms with van der Waals surface area (Å²) in [5.74, 6) is -0.0233. The Morgan fingerprint density at radius 2 is 2.21 bits per heavy atom. The molecule has 1 heterocycles. The lowest BCUT2D eigenvalue weighted by atomic mass is 10.2. The molecule has 1 aromatic carbocycles. The number of thioether (sulfide) groups is 1. The minimum atomic E-state index is -0.653. The predicted molar refractivity (Wildman–Crippen MR) is 91.1 cm³/mol. The molecule has 24 heavy (non-hydrogen) atoms. The first-order chi connectivity index (χ1) is 11.5. The molecule has 0 spiro atoms. The fraction of sp³-hybridized carbons (Fsp3) is 0.438. The van der Waals surface area contributed by atoms with Gasteiger partial charge >= 0.3 is 5.97 Å². The van der Waals surface area contributed by atoms with Crippen LogP contribution in [0.3, 0.4) is 0 Å². The molecule has 0 saturated carbocycles. The standard InChI is InChI=1S/C16H20N2O5S/c1-3-23-16(21)12-9-24-13(15(20)18-12)8-14(19)17-10-5-4-6-11(7-10)22-2/h4-7,12-13H,3,8-9H2,1-2H3,(H,17,19)(H,18,20)/t12-,13+/m0/s1. The molecule has 1 aromatic rings. The van der Waals surface area contributed by atoms with Gasteiger partial charge in [0, 0.05) is 23.9 Å². The number of carbonyl (C=O) groups excluding carboxylic acids is 3. The summed E-state index contributed by atoms with van der Waals surface area (Å²) in [7, 11) is 1.55. The summed E-state index contributed by atoms with van der Waals surface area (Å²) in [6.07, 6.45) is 0.0310. The Morgan fingerprint density at radius 1 is 1.42 bits per heavy atom. The second-order valence-corrected chi connectivity index (χ2v) is 6.36. The van der Waals surface area contributed by atoms with Crippen molar-refractivity contribution >= 4 is 35.2 Å². The van der Waals surface area contributed by atoms with Gasteiger partial charge in [0.25, 0.3) is 0 Å². The number of amides is 2. The zero-order chi connectivity index (χ0) is 17.5. The van der Waals surface area contributed by atoms with E-state index in [1.54, 1.807) is 38.3 Å². The van der Waals surface area contributed by atoms with E-state index in [9.17, 15) is 14.4 Å². The zero-order valence-electron chi connectivity index (χ0n) is 13.5. The number of ether oxygens (including phenoxy) is 2. The second-order valence-electron chi connectivity index (χ2n) is 5.12. The van der Waals surface area contributed by atoms with Gasteiger partial charge in [0.15, 0.2) is 0 Å². The normalized spacial score (nSPS) is 20.0. The third kappa shape index (κ3) is 4.89. The number of anilines is 1. The first-order valence-electron chi connectivity index (χ1n) is 7.56. The maximum absolute atomic E-state index is 12.1. The molecule has 0 unspecified atom stereocenters. The van der Waals surface area contributed by atoms with Gasteiger partial charge < -0.3 is 20.1 Å². The fourth-order valence-corrected chi connectivity index (χ4v) is 3.33. The lowest BCUT2D eigenvalue weighted by Gasteiger charge is -2.27. The third-order valence-electron chi connectivity index (χ3n) is 3.37. The van der Waals surface area contributed by atoms with E-state index in [1.807, 2.05) is 0 Å². The molecule has 0 radical (unpaired) electrons. The van der Waals surface area contributed by atoms with Crippen molar-refractivity contribution in [2.24, 2.45) is 0 Å². The van der Waals surface area contributed by atoms with Gasteiger partial charge in [-0.15, -0.1) is 11.8 Å². The average molecular weight is 352 g/mol. The summed E-state index contributed by atoms with van der Waals surface area (Å²) in [5, 5.41) is 4.81. The SMILES string of the molecule is CCOC(=O)[C@@H]1CS[C@H](CC(=O)Nc2cccc(OC)c2)C(=O)N1. The van der Waals surface area contributed by atoms with Crippen molar-refractivity contribution in [1.82, 2.24) is 5.32 Å². The first kappa shape index (κ1) is 18.1. The number of nitrogens with one attached hydrogen (secondary N) is 2. The Morgan fingerprint density at radius 3 is 2.88 bits per heavy atom. The van der Waals surface area contributed by atoms with Crippen LogP contribution in [0.25, 0.3) is 0 Å². The van der Waals surface area contributed by atoms with Crippen molar-refractivity contribution < 1.29 is 23.9 Å². The number of hydrogen-bond acceptors (Lipinski definition) is 6. The van der Waals surface area contributed by atoms with E-state index in [0.717, 1.165) is 0 Å². The number of carbonyl (C=O) groups is 3. The lowest BCUT2D eigenvalue weighted by Crippen LogP contribution is -2.51. The molecule has 0 aromatic heterocycles. The van der Waals surface area contributed by atoms with Crippen LogP contribution in [0.2, 0.25) is 0 Å². The maximum Gasteiger partial charge on any atom is 0.329 e. The summed E-state index contributed by atoms with van der Waals surface area (Å²) in [5.41, 5.74) is 0.602. The van der Waals surface area contributed by atoms with Crippen molar-refractivity contribution in [2.75, 3.05) is 24.8 Å². The van der Waals surface area contributed by atoms with E-state index in [-0.39, 0.29) is 24.8 Å². The monoisotopic (exact) mass is 352 g/mol. The van der Waals surface area contributed by atoms with Crippen molar-refractivity contribution in [3.8, 4) is 5.75 Å². The summed E-state index contributed by atoms with van der Waals surface area (Å²) < 4.78 is 9.98. The summed E-state index contributed by atoms with van der Waals surface area (Å²) in [6.45, 7) is 1.98. The van der Waals surface area contributed by atoms with Crippen LogP contribution in [0, 0.1) is 0 Å². The summed E-state index contributed by atoms with van der Waals surface area (Å²) in [6, 6.07) is 6.32. The van der Waals surface area contributed by atoms with Gasteiger partial charge in [0.05, 0.1) is 19.0 Å². The van der Waals surface area contributed by atoms with Crippen molar-refractivity contribution in [1.29, 1.82) is 0 Å². The highest BCUT2D eigenvalue weighted by Crippen LogP contribution is 2.23. The van der Waals surface area contributed by atoms with Gasteiger partial charge in [-0.25, -0.2) is 4.79 Å². The quantitative estimate of drug-likeness (QED) is 0.747. The molecule has 0 bridgehead atoms. The molecule has 8 heteroatoms. The van der Waals surface area contributed by atoms with Crippen LogP contribution in [0.4, 0.5) is 5.69 Å². The molecule has 2 atom stereocenters. The number of benzene rings is 1. The molecule has 130 valence electrons. The Balaban J connectivity index is 1.86. The van der Waals surface area contributed by atoms with E-state index >= 15 is 0 Å². The highest BCUT2D eigenvalue weighted by atomic mass is 32.2. The Kier molecular flexibility index (Phi) is 6.48. The topological polar surface area (TPSA) is 93.7 Å². The lowest BCUT2D eigenvalue weighted by molar-refractivity contribution is -0.146. The minimum absolute atomic E-state index is 0.0310. The van der Waals surface area contributed by atoms with Crippen LogP contribution in [-0.4, -0.2) is 48.5 Å². The highest BCUT2D eigenvalue weighted by Gasteiger charge is 2.34. The molecule has 7 nitrogen and oxygen atoms in total. The summed E-state index contributed by atoms with van der Waals surface area (Å²) in [4.78, 5) is 35.8. The van der Waals surface area contributed by atoms with Crippen LogP contribution < -0.4 is 15.4 Å². The van der Waals surface area contributed by atoms with E-state index in [0.29, 0.717) is 17.2 Å². The third-order valence-corrected chi connectivity index (χ3v) is 4.68. The molecule has 1 fully saturated rings. The molecular formula is C16H20N2O5S. The Bertz CT molecular complexity index is 622. The molecule has 1 aliphatic rings. The van der Waals surface area contributed by atoms with Crippen LogP contribution in [0.1, 0.15) is 13.3 Å². The van der Waals surface area contributed by atoms with Crippen LogP contribution >= 0.6 is 11.8 Å². The fourth-order valence-electron chi connectivity index (χ4n) is 2.20. The van der Waals surface area contributed by atoms with Crippen LogP contribution in [0.15, 0.2) is 24.3 Å². The van der Waals surface area contributed by atoms with Gasteiger partial charge in [-0.2, -0.15) is 0 Å². The van der Waals surface area contributed by atoms with Crippen molar-refractivity contribution in [3.63, 3.8) is 0 Å². The van der Waals surface area contributed by atoms with E-state index in [2.05, 4.69) is 10.6 Å². The van der Waals surface area contributed by atoms with Gasteiger partial charge in [-0.3, -0.25) is 9.59 Å². The minimum Gasteiger partial charge on any atom is -0.497 e. The largest absolute Gasteiger partial charge is 0.497 e. The molecule has 1 aliphatic heterocycles. The average Bonchev–Trinajstić information content (AvgIpc) is 2.57. The number of methoxy groups -OCH3 is 1. The zero-order valence-corrected chi connectivity index (χ0v) is 14.4. The number of rotatable bonds is 6. The van der Waals surface area contributed by atoms with Gasteiger partial charge in [-0.1, -0.05) is 6.07 Å².